The van der Waals surface area contributed by atoms with Gasteiger partial charge in [-0.15, -0.1) is 0 Å². The topological polar surface area (TPSA) is 46.3 Å². The number of carbonyl (C=O) groups excluding carboxylic acids is 1. The summed E-state index contributed by atoms with van der Waals surface area (Å²) in [4.78, 5) is 15.6. The normalized spacial score (nSPS) is 42.0. The van der Waals surface area contributed by atoms with Crippen molar-refractivity contribution in [1.82, 2.24) is 4.90 Å². The summed E-state index contributed by atoms with van der Waals surface area (Å²) in [6.45, 7) is 1.03. The van der Waals surface area contributed by atoms with Crippen LogP contribution in [0.25, 0.3) is 0 Å². The van der Waals surface area contributed by atoms with Crippen LogP contribution in [0.3, 0.4) is 0 Å². The van der Waals surface area contributed by atoms with Crippen molar-refractivity contribution < 1.29 is 4.79 Å². The lowest BCUT2D eigenvalue weighted by molar-refractivity contribution is -0.140. The van der Waals surface area contributed by atoms with Crippen molar-refractivity contribution in [1.29, 1.82) is 0 Å². The number of amides is 1. The van der Waals surface area contributed by atoms with E-state index < -0.39 is 0 Å². The Morgan fingerprint density at radius 1 is 0.783 bits per heavy atom. The number of hydrogen-bond acceptors (Lipinski definition) is 2. The van der Waals surface area contributed by atoms with E-state index in [4.69, 9.17) is 5.73 Å². The van der Waals surface area contributed by atoms with Crippen molar-refractivity contribution in [2.24, 2.45) is 29.4 Å². The molecular formula is C20H34N2O. The number of rotatable bonds is 2. The van der Waals surface area contributed by atoms with Crippen molar-refractivity contribution in [2.75, 3.05) is 6.54 Å². The molecule has 3 unspecified atom stereocenters. The van der Waals surface area contributed by atoms with E-state index in [1.807, 2.05) is 0 Å². The summed E-state index contributed by atoms with van der Waals surface area (Å²) in [6, 6.07) is 0.943. The van der Waals surface area contributed by atoms with E-state index >= 15 is 0 Å². The highest BCUT2D eigenvalue weighted by atomic mass is 16.2. The van der Waals surface area contributed by atoms with Gasteiger partial charge in [0.1, 0.15) is 0 Å². The van der Waals surface area contributed by atoms with Gasteiger partial charge in [0.2, 0.25) is 5.91 Å². The van der Waals surface area contributed by atoms with Gasteiger partial charge in [-0.3, -0.25) is 4.79 Å². The predicted octanol–water partition coefficient (Wildman–Crippen LogP) is 3.71. The van der Waals surface area contributed by atoms with Gasteiger partial charge >= 0.3 is 0 Å². The van der Waals surface area contributed by atoms with Gasteiger partial charge in [-0.25, -0.2) is 0 Å². The van der Waals surface area contributed by atoms with Crippen molar-refractivity contribution in [3.05, 3.63) is 0 Å². The fourth-order valence-corrected chi connectivity index (χ4v) is 6.30. The van der Waals surface area contributed by atoms with Crippen LogP contribution < -0.4 is 5.73 Å². The minimum atomic E-state index is 0.286. The summed E-state index contributed by atoms with van der Waals surface area (Å²) in [5.41, 5.74) is 6.42. The molecule has 130 valence electrons. The lowest BCUT2D eigenvalue weighted by atomic mass is 9.65. The molecule has 4 aliphatic rings. The molecule has 1 heterocycles. The van der Waals surface area contributed by atoms with Gasteiger partial charge in [0.05, 0.1) is 0 Å². The number of carbonyl (C=O) groups is 1. The molecule has 23 heavy (non-hydrogen) atoms. The smallest absolute Gasteiger partial charge is 0.225 e. The average Bonchev–Trinajstić information content (AvgIpc) is 3.04. The van der Waals surface area contributed by atoms with Crippen LogP contribution in [0.2, 0.25) is 0 Å². The zero-order valence-corrected chi connectivity index (χ0v) is 14.6. The molecule has 3 saturated carbocycles. The second-order valence-electron chi connectivity index (χ2n) is 8.84. The van der Waals surface area contributed by atoms with Crippen molar-refractivity contribution in [3.63, 3.8) is 0 Å². The third kappa shape index (κ3) is 3.06. The van der Waals surface area contributed by atoms with Gasteiger partial charge in [0.25, 0.3) is 0 Å². The molecule has 0 aromatic heterocycles. The zero-order chi connectivity index (χ0) is 15.8. The maximum absolute atomic E-state index is 13.3. The van der Waals surface area contributed by atoms with Crippen LogP contribution >= 0.6 is 0 Å². The van der Waals surface area contributed by atoms with E-state index in [1.54, 1.807) is 0 Å². The first kappa shape index (κ1) is 15.9. The van der Waals surface area contributed by atoms with E-state index in [0.29, 0.717) is 29.8 Å². The maximum Gasteiger partial charge on any atom is 0.225 e. The predicted molar refractivity (Wildman–Crippen MR) is 92.8 cm³/mol. The molecule has 3 aliphatic carbocycles. The Morgan fingerprint density at radius 3 is 2.13 bits per heavy atom. The Bertz CT molecular complexity index is 417. The van der Waals surface area contributed by atoms with Gasteiger partial charge in [0, 0.05) is 24.5 Å². The molecule has 1 amide bonds. The summed E-state index contributed by atoms with van der Waals surface area (Å²) >= 11 is 0. The first-order valence-corrected chi connectivity index (χ1v) is 10.3. The molecule has 0 spiro atoms. The Morgan fingerprint density at radius 2 is 1.43 bits per heavy atom. The quantitative estimate of drug-likeness (QED) is 0.843. The SMILES string of the molecule is NC1C2CCCC1CC(C(=O)N1CCCC1C1CCCCC1)C2. The van der Waals surface area contributed by atoms with E-state index in [-0.39, 0.29) is 5.92 Å². The van der Waals surface area contributed by atoms with Gasteiger partial charge in [-0.2, -0.15) is 0 Å². The summed E-state index contributed by atoms with van der Waals surface area (Å²) in [5.74, 6) is 2.82. The van der Waals surface area contributed by atoms with Crippen LogP contribution in [0, 0.1) is 23.7 Å². The minimum absolute atomic E-state index is 0.286. The Labute approximate surface area is 141 Å². The van der Waals surface area contributed by atoms with E-state index in [1.165, 1.54) is 64.2 Å². The fourth-order valence-electron chi connectivity index (χ4n) is 6.30. The zero-order valence-electron chi connectivity index (χ0n) is 14.6. The molecule has 3 nitrogen and oxygen atoms in total. The van der Waals surface area contributed by atoms with E-state index in [0.717, 1.165) is 25.3 Å². The Hall–Kier alpha value is -0.570. The molecule has 0 aromatic rings. The second-order valence-corrected chi connectivity index (χ2v) is 8.84. The van der Waals surface area contributed by atoms with Crippen molar-refractivity contribution in [3.8, 4) is 0 Å². The molecule has 3 heteroatoms. The molecule has 0 radical (unpaired) electrons. The molecule has 3 atom stereocenters. The van der Waals surface area contributed by atoms with Crippen LogP contribution in [0.1, 0.15) is 77.0 Å². The van der Waals surface area contributed by atoms with Crippen LogP contribution in [0.15, 0.2) is 0 Å². The summed E-state index contributed by atoms with van der Waals surface area (Å²) in [6.07, 6.45) is 15.4. The number of nitrogens with zero attached hydrogens (tertiary/aromatic N) is 1. The van der Waals surface area contributed by atoms with Gasteiger partial charge in [0.15, 0.2) is 0 Å². The second kappa shape index (κ2) is 6.74. The number of nitrogens with two attached hydrogens (primary N) is 1. The lowest BCUT2D eigenvalue weighted by Crippen LogP contribution is -2.51. The highest BCUT2D eigenvalue weighted by molar-refractivity contribution is 5.79. The summed E-state index contributed by atoms with van der Waals surface area (Å²) in [7, 11) is 0. The molecule has 1 saturated heterocycles. The third-order valence-electron chi connectivity index (χ3n) is 7.54. The summed E-state index contributed by atoms with van der Waals surface area (Å²) in [5, 5.41) is 0. The number of likely N-dealkylation sites (tertiary alicyclic amines) is 1. The fraction of sp³-hybridized carbons (Fsp3) is 0.950. The monoisotopic (exact) mass is 318 g/mol. The molecule has 0 aromatic carbocycles. The molecule has 1 aliphatic heterocycles. The van der Waals surface area contributed by atoms with Crippen molar-refractivity contribution in [2.45, 2.75) is 89.1 Å². The van der Waals surface area contributed by atoms with Crippen molar-refractivity contribution >= 4 is 5.91 Å². The van der Waals surface area contributed by atoms with Gasteiger partial charge in [-0.1, -0.05) is 25.7 Å². The molecule has 2 N–H and O–H groups in total. The first-order valence-electron chi connectivity index (χ1n) is 10.3. The molecule has 2 bridgehead atoms. The highest BCUT2D eigenvalue weighted by Gasteiger charge is 2.44. The standard InChI is InChI=1S/C20H34N2O/c21-19-15-8-4-9-16(19)13-17(12-15)20(23)22-11-5-10-18(22)14-6-2-1-3-7-14/h14-19H,1-13,21H2. The van der Waals surface area contributed by atoms with Gasteiger partial charge < -0.3 is 10.6 Å². The van der Waals surface area contributed by atoms with Crippen LogP contribution in [-0.4, -0.2) is 29.4 Å². The average molecular weight is 319 g/mol. The van der Waals surface area contributed by atoms with E-state index in [9.17, 15) is 4.79 Å². The Kier molecular flexibility index (Phi) is 4.67. The highest BCUT2D eigenvalue weighted by Crippen LogP contribution is 2.43. The maximum atomic E-state index is 13.3. The molecular weight excluding hydrogens is 284 g/mol. The summed E-state index contributed by atoms with van der Waals surface area (Å²) < 4.78 is 0. The first-order chi connectivity index (χ1) is 11.2. The number of hydrogen-bond donors (Lipinski definition) is 1. The van der Waals surface area contributed by atoms with Crippen LogP contribution in [0.5, 0.6) is 0 Å². The van der Waals surface area contributed by atoms with Crippen LogP contribution in [-0.2, 0) is 4.79 Å². The van der Waals surface area contributed by atoms with Crippen LogP contribution in [0.4, 0.5) is 0 Å². The molecule has 4 rings (SSSR count). The van der Waals surface area contributed by atoms with Gasteiger partial charge in [-0.05, 0) is 69.1 Å². The minimum Gasteiger partial charge on any atom is -0.339 e. The largest absolute Gasteiger partial charge is 0.339 e. The lowest BCUT2D eigenvalue weighted by Gasteiger charge is -2.45. The number of fused-ring (bicyclic) bond motifs is 2. The Balaban J connectivity index is 1.43. The van der Waals surface area contributed by atoms with E-state index in [2.05, 4.69) is 4.90 Å². The third-order valence-corrected chi connectivity index (χ3v) is 7.54. The molecule has 4 fully saturated rings.